The first-order valence-corrected chi connectivity index (χ1v) is 10.8. The summed E-state index contributed by atoms with van der Waals surface area (Å²) < 4.78 is 6.02. The molecule has 30 heavy (non-hydrogen) atoms. The molecular formula is C25H32N2O3. The predicted octanol–water partition coefficient (Wildman–Crippen LogP) is 3.99. The Labute approximate surface area is 179 Å². The molecule has 0 radical (unpaired) electrons. The van der Waals surface area contributed by atoms with Crippen LogP contribution in [0.5, 0.6) is 5.75 Å². The van der Waals surface area contributed by atoms with Gasteiger partial charge in [0.15, 0.2) is 0 Å². The van der Waals surface area contributed by atoms with Crippen molar-refractivity contribution in [2.75, 3.05) is 19.7 Å². The van der Waals surface area contributed by atoms with Gasteiger partial charge in [-0.05, 0) is 57.2 Å². The zero-order valence-corrected chi connectivity index (χ0v) is 18.2. The molecule has 2 amide bonds. The highest BCUT2D eigenvalue weighted by Crippen LogP contribution is 2.23. The quantitative estimate of drug-likeness (QED) is 0.754. The second-order valence-electron chi connectivity index (χ2n) is 8.42. The highest BCUT2D eigenvalue weighted by molar-refractivity contribution is 5.97. The minimum Gasteiger partial charge on any atom is -0.492 e. The van der Waals surface area contributed by atoms with Gasteiger partial charge in [-0.2, -0.15) is 0 Å². The van der Waals surface area contributed by atoms with Gasteiger partial charge in [-0.25, -0.2) is 0 Å². The summed E-state index contributed by atoms with van der Waals surface area (Å²) in [5.74, 6) is 1.08. The summed E-state index contributed by atoms with van der Waals surface area (Å²) in [4.78, 5) is 26.9. The van der Waals surface area contributed by atoms with Crippen molar-refractivity contribution in [2.24, 2.45) is 5.92 Å². The molecule has 0 atom stereocenters. The van der Waals surface area contributed by atoms with Gasteiger partial charge >= 0.3 is 0 Å². The van der Waals surface area contributed by atoms with E-state index in [4.69, 9.17) is 4.74 Å². The van der Waals surface area contributed by atoms with E-state index in [-0.39, 0.29) is 17.9 Å². The maximum absolute atomic E-state index is 12.6. The summed E-state index contributed by atoms with van der Waals surface area (Å²) in [5.41, 5.74) is 2.83. The number of rotatable bonds is 7. The van der Waals surface area contributed by atoms with E-state index in [9.17, 15) is 9.59 Å². The highest BCUT2D eigenvalue weighted by Gasteiger charge is 2.24. The molecule has 1 fully saturated rings. The number of nitrogens with zero attached hydrogens (tertiary/aromatic N) is 1. The van der Waals surface area contributed by atoms with Gasteiger partial charge in [0.1, 0.15) is 5.75 Å². The van der Waals surface area contributed by atoms with Gasteiger partial charge in [0.05, 0.1) is 18.6 Å². The Balaban J connectivity index is 1.48. The lowest BCUT2D eigenvalue weighted by atomic mass is 9.97. The number of likely N-dealkylation sites (tertiary alicyclic amines) is 1. The van der Waals surface area contributed by atoms with Crippen LogP contribution in [-0.2, 0) is 11.2 Å². The lowest BCUT2D eigenvalue weighted by molar-refractivity contribution is -0.132. The SMILES string of the molecule is Cc1ccc(CC(=O)N2CCC(COc3ccccc3C(=O)NC(C)C)CC2)cc1. The number of hydrogen-bond donors (Lipinski definition) is 1. The van der Waals surface area contributed by atoms with Gasteiger partial charge in [0, 0.05) is 19.1 Å². The second-order valence-corrected chi connectivity index (χ2v) is 8.42. The van der Waals surface area contributed by atoms with Crippen molar-refractivity contribution in [3.8, 4) is 5.75 Å². The number of aryl methyl sites for hydroxylation is 1. The van der Waals surface area contributed by atoms with Gasteiger partial charge < -0.3 is 15.0 Å². The van der Waals surface area contributed by atoms with E-state index in [0.717, 1.165) is 31.5 Å². The van der Waals surface area contributed by atoms with Crippen LogP contribution in [0.3, 0.4) is 0 Å². The molecule has 5 nitrogen and oxygen atoms in total. The standard InChI is InChI=1S/C25H32N2O3/c1-18(2)26-25(29)22-6-4-5-7-23(22)30-17-21-12-14-27(15-13-21)24(28)16-20-10-8-19(3)9-11-20/h4-11,18,21H,12-17H2,1-3H3,(H,26,29). The maximum atomic E-state index is 12.6. The number of nitrogens with one attached hydrogen (secondary N) is 1. The lowest BCUT2D eigenvalue weighted by Crippen LogP contribution is -2.40. The predicted molar refractivity (Wildman–Crippen MR) is 119 cm³/mol. The van der Waals surface area contributed by atoms with E-state index >= 15 is 0 Å². The van der Waals surface area contributed by atoms with E-state index in [1.807, 2.05) is 68.1 Å². The molecule has 1 N–H and O–H groups in total. The second kappa shape index (κ2) is 10.3. The van der Waals surface area contributed by atoms with E-state index in [1.165, 1.54) is 5.56 Å². The molecule has 1 aliphatic heterocycles. The van der Waals surface area contributed by atoms with Crippen LogP contribution in [0.15, 0.2) is 48.5 Å². The van der Waals surface area contributed by atoms with Crippen LogP contribution >= 0.6 is 0 Å². The summed E-state index contributed by atoms with van der Waals surface area (Å²) in [6.45, 7) is 8.01. The third-order valence-corrected chi connectivity index (χ3v) is 5.47. The number of para-hydroxylation sites is 1. The summed E-state index contributed by atoms with van der Waals surface area (Å²) in [7, 11) is 0. The van der Waals surface area contributed by atoms with Crippen molar-refractivity contribution >= 4 is 11.8 Å². The third kappa shape index (κ3) is 6.09. The van der Waals surface area contributed by atoms with Gasteiger partial charge in [-0.3, -0.25) is 9.59 Å². The van der Waals surface area contributed by atoms with Crippen molar-refractivity contribution in [2.45, 2.75) is 46.1 Å². The first kappa shape index (κ1) is 21.9. The van der Waals surface area contributed by atoms with Crippen molar-refractivity contribution in [3.63, 3.8) is 0 Å². The zero-order chi connectivity index (χ0) is 21.5. The van der Waals surface area contributed by atoms with E-state index in [0.29, 0.717) is 30.3 Å². The van der Waals surface area contributed by atoms with E-state index in [2.05, 4.69) is 5.32 Å². The van der Waals surface area contributed by atoms with Crippen molar-refractivity contribution in [1.29, 1.82) is 0 Å². The number of ether oxygens (including phenoxy) is 1. The normalized spacial score (nSPS) is 14.6. The molecule has 3 rings (SSSR count). The Morgan fingerprint density at radius 2 is 1.73 bits per heavy atom. The Morgan fingerprint density at radius 3 is 2.40 bits per heavy atom. The Hall–Kier alpha value is -2.82. The van der Waals surface area contributed by atoms with Crippen LogP contribution in [0.1, 0.15) is 48.2 Å². The Kier molecular flexibility index (Phi) is 7.50. The molecule has 0 aromatic heterocycles. The van der Waals surface area contributed by atoms with Crippen molar-refractivity contribution < 1.29 is 14.3 Å². The number of amides is 2. The fraction of sp³-hybridized carbons (Fsp3) is 0.440. The van der Waals surface area contributed by atoms with Crippen molar-refractivity contribution in [3.05, 3.63) is 65.2 Å². The lowest BCUT2D eigenvalue weighted by Gasteiger charge is -2.32. The van der Waals surface area contributed by atoms with Gasteiger partial charge in [0.25, 0.3) is 5.91 Å². The molecule has 0 aliphatic carbocycles. The minimum atomic E-state index is -0.114. The summed E-state index contributed by atoms with van der Waals surface area (Å²) in [6.07, 6.45) is 2.29. The molecule has 1 saturated heterocycles. The van der Waals surface area contributed by atoms with Crippen LogP contribution in [0.4, 0.5) is 0 Å². The van der Waals surface area contributed by atoms with Gasteiger partial charge in [-0.15, -0.1) is 0 Å². The third-order valence-electron chi connectivity index (χ3n) is 5.47. The van der Waals surface area contributed by atoms with Crippen LogP contribution in [-0.4, -0.2) is 42.5 Å². The van der Waals surface area contributed by atoms with Crippen LogP contribution < -0.4 is 10.1 Å². The van der Waals surface area contributed by atoms with E-state index in [1.54, 1.807) is 6.07 Å². The van der Waals surface area contributed by atoms with Crippen LogP contribution in [0.25, 0.3) is 0 Å². The summed E-state index contributed by atoms with van der Waals surface area (Å²) in [5, 5.41) is 2.92. The molecule has 2 aromatic carbocycles. The average Bonchev–Trinajstić information content (AvgIpc) is 2.74. The maximum Gasteiger partial charge on any atom is 0.255 e. The van der Waals surface area contributed by atoms with Crippen LogP contribution in [0.2, 0.25) is 0 Å². The Bertz CT molecular complexity index is 853. The monoisotopic (exact) mass is 408 g/mol. The summed E-state index contributed by atoms with van der Waals surface area (Å²) >= 11 is 0. The number of benzene rings is 2. The molecule has 1 aliphatic rings. The highest BCUT2D eigenvalue weighted by atomic mass is 16.5. The molecule has 2 aromatic rings. The number of hydrogen-bond acceptors (Lipinski definition) is 3. The summed E-state index contributed by atoms with van der Waals surface area (Å²) in [6, 6.07) is 15.6. The van der Waals surface area contributed by atoms with Crippen LogP contribution in [0, 0.1) is 12.8 Å². The molecule has 0 bridgehead atoms. The smallest absolute Gasteiger partial charge is 0.255 e. The van der Waals surface area contributed by atoms with Gasteiger partial charge in [-0.1, -0.05) is 42.0 Å². The minimum absolute atomic E-state index is 0.0762. The molecule has 160 valence electrons. The number of carbonyl (C=O) groups excluding carboxylic acids is 2. The zero-order valence-electron chi connectivity index (χ0n) is 18.2. The molecule has 0 saturated carbocycles. The fourth-order valence-corrected chi connectivity index (χ4v) is 3.67. The van der Waals surface area contributed by atoms with Gasteiger partial charge in [0.2, 0.25) is 5.91 Å². The van der Waals surface area contributed by atoms with E-state index < -0.39 is 0 Å². The topological polar surface area (TPSA) is 58.6 Å². The van der Waals surface area contributed by atoms with Crippen molar-refractivity contribution in [1.82, 2.24) is 10.2 Å². The Morgan fingerprint density at radius 1 is 1.07 bits per heavy atom. The molecule has 5 heteroatoms. The molecule has 1 heterocycles. The fourth-order valence-electron chi connectivity index (χ4n) is 3.67. The first-order valence-electron chi connectivity index (χ1n) is 10.8. The average molecular weight is 409 g/mol. The molecule has 0 spiro atoms. The largest absolute Gasteiger partial charge is 0.492 e. The molecular weight excluding hydrogens is 376 g/mol. The number of carbonyl (C=O) groups is 2. The molecule has 0 unspecified atom stereocenters. The first-order chi connectivity index (χ1) is 14.4. The number of piperidine rings is 1.